The van der Waals surface area contributed by atoms with Crippen molar-refractivity contribution >= 4 is 23.7 Å². The lowest BCUT2D eigenvalue weighted by Gasteiger charge is -2.39. The molecule has 0 radical (unpaired) electrons. The van der Waals surface area contributed by atoms with Gasteiger partial charge in [0.25, 0.3) is 0 Å². The number of hydrogen-bond donors (Lipinski definition) is 1. The van der Waals surface area contributed by atoms with Crippen LogP contribution in [0.25, 0.3) is 0 Å². The number of piperidine rings is 1. The molecule has 1 unspecified atom stereocenters. The molecule has 2 aliphatic heterocycles. The van der Waals surface area contributed by atoms with Crippen molar-refractivity contribution in [3.63, 3.8) is 0 Å². The van der Waals surface area contributed by atoms with E-state index in [0.717, 1.165) is 32.2 Å². The molecule has 4 atom stereocenters. The van der Waals surface area contributed by atoms with Gasteiger partial charge in [-0.2, -0.15) is 0 Å². The molecule has 0 aromatic rings. The third-order valence-electron chi connectivity index (χ3n) is 7.90. The van der Waals surface area contributed by atoms with Gasteiger partial charge in [-0.05, 0) is 78.3 Å². The largest absolute Gasteiger partial charge is 0.458 e. The molecular weight excluding hydrogens is 508 g/mol. The lowest BCUT2D eigenvalue weighted by molar-refractivity contribution is -0.162. The van der Waals surface area contributed by atoms with Crippen LogP contribution in [-0.2, 0) is 23.9 Å². The number of amides is 3. The minimum Gasteiger partial charge on any atom is -0.458 e. The van der Waals surface area contributed by atoms with E-state index in [1.54, 1.807) is 23.8 Å². The van der Waals surface area contributed by atoms with Crippen LogP contribution in [0, 0.1) is 11.3 Å². The summed E-state index contributed by atoms with van der Waals surface area (Å²) in [5, 5.41) is 3.07. The number of rotatable bonds is 8. The van der Waals surface area contributed by atoms with Crippen molar-refractivity contribution in [3.05, 3.63) is 11.6 Å². The maximum Gasteiger partial charge on any atom is 0.329 e. The zero-order chi connectivity index (χ0) is 30.6. The van der Waals surface area contributed by atoms with E-state index in [9.17, 15) is 19.2 Å². The zero-order valence-electron chi connectivity index (χ0n) is 26.8. The van der Waals surface area contributed by atoms with Crippen molar-refractivity contribution in [1.82, 2.24) is 20.0 Å². The smallest absolute Gasteiger partial charge is 0.329 e. The number of likely N-dealkylation sites (N-methyl/N-ethyl adjacent to an activating group) is 2. The maximum absolute atomic E-state index is 13.9. The normalized spacial score (nSPS) is 22.6. The molecule has 0 aromatic heterocycles. The van der Waals surface area contributed by atoms with Crippen LogP contribution >= 0.6 is 0 Å². The quantitative estimate of drug-likeness (QED) is 0.357. The molecule has 2 heterocycles. The first-order valence-corrected chi connectivity index (χ1v) is 14.8. The van der Waals surface area contributed by atoms with E-state index in [1.807, 2.05) is 68.5 Å². The van der Waals surface area contributed by atoms with Crippen LogP contribution in [0.1, 0.15) is 94.4 Å². The number of carbonyl (C=O) groups is 4. The first-order valence-electron chi connectivity index (χ1n) is 14.8. The van der Waals surface area contributed by atoms with Crippen LogP contribution in [0.3, 0.4) is 0 Å². The number of nitrogens with zero attached hydrogens (tertiary/aromatic N) is 3. The van der Waals surface area contributed by atoms with Crippen LogP contribution < -0.4 is 5.32 Å². The van der Waals surface area contributed by atoms with Gasteiger partial charge in [-0.3, -0.25) is 19.3 Å². The average molecular weight is 563 g/mol. The SMILES string of the molecule is CC(=C[C@H](C(C)C)N(C)C(=O)[C@@H](NC(=O)C1CCCCN1C)C(C)(C)C)C(=O)N1CCC[C@H]1C(=O)OC(C)(C)C. The van der Waals surface area contributed by atoms with Crippen molar-refractivity contribution in [1.29, 1.82) is 0 Å². The predicted molar refractivity (Wildman–Crippen MR) is 157 cm³/mol. The van der Waals surface area contributed by atoms with Gasteiger partial charge >= 0.3 is 5.97 Å². The zero-order valence-corrected chi connectivity index (χ0v) is 26.8. The number of carbonyl (C=O) groups excluding carboxylic acids is 4. The fraction of sp³-hybridized carbons (Fsp3) is 0.806. The van der Waals surface area contributed by atoms with E-state index >= 15 is 0 Å². The minimum atomic E-state index is -0.721. The topological polar surface area (TPSA) is 99.3 Å². The first-order chi connectivity index (χ1) is 18.3. The number of esters is 1. The molecule has 9 heteroatoms. The monoisotopic (exact) mass is 562 g/mol. The third kappa shape index (κ3) is 8.79. The molecule has 0 aromatic carbocycles. The second-order valence-electron chi connectivity index (χ2n) is 14.0. The van der Waals surface area contributed by atoms with Crippen LogP contribution in [0.2, 0.25) is 0 Å². The molecule has 3 amide bonds. The summed E-state index contributed by atoms with van der Waals surface area (Å²) in [7, 11) is 3.69. The Morgan fingerprint density at radius 1 is 0.950 bits per heavy atom. The summed E-state index contributed by atoms with van der Waals surface area (Å²) in [4.78, 5) is 58.8. The maximum atomic E-state index is 13.9. The number of nitrogens with one attached hydrogen (secondary N) is 1. The number of ether oxygens (including phenoxy) is 1. The van der Waals surface area contributed by atoms with Gasteiger partial charge in [0.15, 0.2) is 0 Å². The highest BCUT2D eigenvalue weighted by Gasteiger charge is 2.40. The molecule has 2 saturated heterocycles. The second-order valence-corrected chi connectivity index (χ2v) is 14.0. The Hall–Kier alpha value is -2.42. The van der Waals surface area contributed by atoms with Crippen LogP contribution in [0.5, 0.6) is 0 Å². The lowest BCUT2D eigenvalue weighted by Crippen LogP contribution is -2.59. The van der Waals surface area contributed by atoms with Crippen molar-refractivity contribution in [2.75, 3.05) is 27.2 Å². The van der Waals surface area contributed by atoms with Gasteiger partial charge in [0.2, 0.25) is 17.7 Å². The Balaban J connectivity index is 2.25. The molecule has 9 nitrogen and oxygen atoms in total. The van der Waals surface area contributed by atoms with E-state index in [2.05, 4.69) is 10.2 Å². The Labute approximate surface area is 242 Å². The Morgan fingerprint density at radius 2 is 1.55 bits per heavy atom. The van der Waals surface area contributed by atoms with E-state index in [1.165, 1.54) is 0 Å². The van der Waals surface area contributed by atoms with Crippen LogP contribution in [-0.4, -0.2) is 95.3 Å². The summed E-state index contributed by atoms with van der Waals surface area (Å²) in [6.45, 7) is 18.4. The van der Waals surface area contributed by atoms with E-state index in [4.69, 9.17) is 4.74 Å². The van der Waals surface area contributed by atoms with Gasteiger partial charge in [-0.15, -0.1) is 0 Å². The summed E-state index contributed by atoms with van der Waals surface area (Å²) >= 11 is 0. The average Bonchev–Trinajstić information content (AvgIpc) is 3.32. The van der Waals surface area contributed by atoms with Gasteiger partial charge in [-0.1, -0.05) is 47.1 Å². The van der Waals surface area contributed by atoms with Gasteiger partial charge in [-0.25, -0.2) is 4.79 Å². The molecule has 2 aliphatic rings. The summed E-state index contributed by atoms with van der Waals surface area (Å²) in [6.07, 6.45) is 5.98. The van der Waals surface area contributed by atoms with Crippen molar-refractivity contribution < 1.29 is 23.9 Å². The van der Waals surface area contributed by atoms with Crippen molar-refractivity contribution in [2.24, 2.45) is 11.3 Å². The molecule has 2 fully saturated rings. The fourth-order valence-electron chi connectivity index (χ4n) is 5.57. The van der Waals surface area contributed by atoms with Gasteiger partial charge in [0.05, 0.1) is 12.1 Å². The van der Waals surface area contributed by atoms with Gasteiger partial charge < -0.3 is 19.9 Å². The second kappa shape index (κ2) is 13.5. The standard InChI is InChI=1S/C31H54N4O5/c1-20(2)24(19-21(3)27(37)35-18-14-16-23(35)29(39)40-31(7,8)9)34(11)28(38)25(30(4,5)6)32-26(36)22-15-12-13-17-33(22)10/h19-20,22-25H,12-18H2,1-11H3,(H,32,36)/t22?,23-,24+,25+/m0/s1. The molecule has 228 valence electrons. The van der Waals surface area contributed by atoms with Crippen LogP contribution in [0.4, 0.5) is 0 Å². The third-order valence-corrected chi connectivity index (χ3v) is 7.90. The molecule has 0 bridgehead atoms. The van der Waals surface area contributed by atoms with E-state index in [0.29, 0.717) is 18.5 Å². The minimum absolute atomic E-state index is 0.0118. The van der Waals surface area contributed by atoms with Crippen LogP contribution in [0.15, 0.2) is 11.6 Å². The molecule has 40 heavy (non-hydrogen) atoms. The lowest BCUT2D eigenvalue weighted by atomic mass is 9.84. The summed E-state index contributed by atoms with van der Waals surface area (Å²) in [5.74, 6) is -0.902. The highest BCUT2D eigenvalue weighted by atomic mass is 16.6. The van der Waals surface area contributed by atoms with E-state index in [-0.39, 0.29) is 41.7 Å². The number of hydrogen-bond acceptors (Lipinski definition) is 6. The molecule has 1 N–H and O–H groups in total. The van der Waals surface area contributed by atoms with Crippen molar-refractivity contribution in [2.45, 2.75) is 124 Å². The molecule has 0 spiro atoms. The molecule has 2 rings (SSSR count). The number of likely N-dealkylation sites (tertiary alicyclic amines) is 2. The highest BCUT2D eigenvalue weighted by Crippen LogP contribution is 2.27. The Bertz CT molecular complexity index is 962. The Morgan fingerprint density at radius 3 is 2.08 bits per heavy atom. The molecule has 0 saturated carbocycles. The fourth-order valence-corrected chi connectivity index (χ4v) is 5.57. The first kappa shape index (κ1) is 33.8. The molecular formula is C31H54N4O5. The summed E-state index contributed by atoms with van der Waals surface area (Å²) < 4.78 is 5.57. The summed E-state index contributed by atoms with van der Waals surface area (Å²) in [6, 6.07) is -1.94. The van der Waals surface area contributed by atoms with E-state index < -0.39 is 23.1 Å². The molecule has 0 aliphatic carbocycles. The predicted octanol–water partition coefficient (Wildman–Crippen LogP) is 3.76. The summed E-state index contributed by atoms with van der Waals surface area (Å²) in [5.41, 5.74) is -0.661. The van der Waals surface area contributed by atoms with Gasteiger partial charge in [0.1, 0.15) is 17.7 Å². The Kier molecular flexibility index (Phi) is 11.4. The van der Waals surface area contributed by atoms with Crippen molar-refractivity contribution in [3.8, 4) is 0 Å². The van der Waals surface area contributed by atoms with Gasteiger partial charge in [0, 0.05) is 19.2 Å². The highest BCUT2D eigenvalue weighted by molar-refractivity contribution is 5.96.